The quantitative estimate of drug-likeness (QED) is 0.509. The maximum atomic E-state index is 12.5. The second-order valence-electron chi connectivity index (χ2n) is 5.60. The van der Waals surface area contributed by atoms with Crippen molar-refractivity contribution in [1.82, 2.24) is 0 Å². The highest BCUT2D eigenvalue weighted by atomic mass is 35.5. The van der Waals surface area contributed by atoms with Gasteiger partial charge in [-0.1, -0.05) is 29.3 Å². The number of fused-ring (bicyclic) bond motifs is 1. The molecule has 0 saturated carbocycles. The third-order valence-electron chi connectivity index (χ3n) is 4.02. The second kappa shape index (κ2) is 6.37. The van der Waals surface area contributed by atoms with E-state index in [9.17, 15) is 21.6 Å². The van der Waals surface area contributed by atoms with Gasteiger partial charge in [-0.15, -0.1) is 0 Å². The maximum absolute atomic E-state index is 12.5. The molecule has 3 rings (SSSR count). The Morgan fingerprint density at radius 2 is 1.76 bits per heavy atom. The summed E-state index contributed by atoms with van der Waals surface area (Å²) >= 11 is 12.2. The van der Waals surface area contributed by atoms with E-state index in [-0.39, 0.29) is 11.7 Å². The zero-order valence-electron chi connectivity index (χ0n) is 12.5. The molecule has 9 heteroatoms. The van der Waals surface area contributed by atoms with Gasteiger partial charge in [-0.25, -0.2) is 0 Å². The van der Waals surface area contributed by atoms with Gasteiger partial charge in [0.15, 0.2) is 0 Å². The molecule has 0 radical (unpaired) electrons. The van der Waals surface area contributed by atoms with Crippen LogP contribution in [0.25, 0.3) is 0 Å². The summed E-state index contributed by atoms with van der Waals surface area (Å²) < 4.78 is 64.1. The Bertz CT molecular complexity index is 927. The van der Waals surface area contributed by atoms with E-state index >= 15 is 0 Å². The summed E-state index contributed by atoms with van der Waals surface area (Å²) in [7, 11) is -5.71. The standard InChI is InChI=1S/C16H11Cl2F3O3S/c17-10-3-6-15(18)14(7-10)12-5-2-9-1-4-11(8-13(9)12)24-25(22,23)16(19,20)21/h1,3-4,6-8,12H,2,5H2. The van der Waals surface area contributed by atoms with Crippen molar-refractivity contribution in [2.75, 3.05) is 0 Å². The molecular weight excluding hydrogens is 400 g/mol. The minimum Gasteiger partial charge on any atom is -0.376 e. The van der Waals surface area contributed by atoms with Crippen LogP contribution < -0.4 is 4.18 Å². The van der Waals surface area contributed by atoms with Gasteiger partial charge in [-0.3, -0.25) is 0 Å². The van der Waals surface area contributed by atoms with Crippen LogP contribution in [0.5, 0.6) is 5.75 Å². The minimum absolute atomic E-state index is 0.196. The maximum Gasteiger partial charge on any atom is 0.534 e. The second-order valence-corrected chi connectivity index (χ2v) is 7.98. The Balaban J connectivity index is 1.99. The van der Waals surface area contributed by atoms with Crippen LogP contribution in [0.2, 0.25) is 10.0 Å². The van der Waals surface area contributed by atoms with Crippen LogP contribution in [0.1, 0.15) is 29.0 Å². The lowest BCUT2D eigenvalue weighted by atomic mass is 9.93. The van der Waals surface area contributed by atoms with E-state index in [1.165, 1.54) is 12.1 Å². The van der Waals surface area contributed by atoms with Crippen LogP contribution in [0.4, 0.5) is 13.2 Å². The van der Waals surface area contributed by atoms with E-state index in [0.717, 1.165) is 11.1 Å². The molecule has 0 bridgehead atoms. The molecule has 0 amide bonds. The summed E-state index contributed by atoms with van der Waals surface area (Å²) in [6.45, 7) is 0. The summed E-state index contributed by atoms with van der Waals surface area (Å²) in [4.78, 5) is 0. The van der Waals surface area contributed by atoms with Crippen LogP contribution in [0.3, 0.4) is 0 Å². The summed E-state index contributed by atoms with van der Waals surface area (Å²) in [6, 6.07) is 9.07. The number of aryl methyl sites for hydroxylation is 1. The van der Waals surface area contributed by atoms with Crippen LogP contribution >= 0.6 is 23.2 Å². The number of alkyl halides is 3. The highest BCUT2D eigenvalue weighted by molar-refractivity contribution is 7.88. The molecule has 1 atom stereocenters. The van der Waals surface area contributed by atoms with E-state index in [2.05, 4.69) is 4.18 Å². The zero-order chi connectivity index (χ0) is 18.4. The van der Waals surface area contributed by atoms with Crippen molar-refractivity contribution in [2.24, 2.45) is 0 Å². The van der Waals surface area contributed by atoms with Gasteiger partial charge < -0.3 is 4.18 Å². The predicted octanol–water partition coefficient (Wildman–Crippen LogP) is 5.30. The highest BCUT2D eigenvalue weighted by Crippen LogP contribution is 2.43. The van der Waals surface area contributed by atoms with Gasteiger partial charge in [-0.05, 0) is 59.9 Å². The van der Waals surface area contributed by atoms with Crippen molar-refractivity contribution >= 4 is 33.3 Å². The van der Waals surface area contributed by atoms with E-state index < -0.39 is 15.6 Å². The number of hydrogen-bond acceptors (Lipinski definition) is 3. The fourth-order valence-electron chi connectivity index (χ4n) is 2.91. The Kier molecular flexibility index (Phi) is 4.68. The molecule has 0 N–H and O–H groups in total. The van der Waals surface area contributed by atoms with Gasteiger partial charge in [0.1, 0.15) is 5.75 Å². The first-order valence-electron chi connectivity index (χ1n) is 7.17. The average Bonchev–Trinajstić information content (AvgIpc) is 2.91. The minimum atomic E-state index is -5.71. The molecule has 0 saturated heterocycles. The van der Waals surface area contributed by atoms with Crippen molar-refractivity contribution in [2.45, 2.75) is 24.3 Å². The molecule has 134 valence electrons. The molecule has 0 aliphatic heterocycles. The van der Waals surface area contributed by atoms with Crippen LogP contribution in [-0.2, 0) is 16.5 Å². The monoisotopic (exact) mass is 410 g/mol. The molecule has 1 unspecified atom stereocenters. The van der Waals surface area contributed by atoms with E-state index in [1.54, 1.807) is 24.3 Å². The van der Waals surface area contributed by atoms with Crippen molar-refractivity contribution in [1.29, 1.82) is 0 Å². The van der Waals surface area contributed by atoms with Gasteiger partial charge in [0.05, 0.1) is 0 Å². The van der Waals surface area contributed by atoms with Crippen molar-refractivity contribution in [3.05, 3.63) is 63.1 Å². The fraction of sp³-hybridized carbons (Fsp3) is 0.250. The number of halogens is 5. The van der Waals surface area contributed by atoms with Gasteiger partial charge in [0, 0.05) is 16.0 Å². The molecule has 2 aromatic carbocycles. The topological polar surface area (TPSA) is 43.4 Å². The summed E-state index contributed by atoms with van der Waals surface area (Å²) in [5.41, 5.74) is -3.16. The SMILES string of the molecule is O=S(=O)(Oc1ccc2c(c1)C(c1cc(Cl)ccc1Cl)CC2)C(F)(F)F. The Morgan fingerprint density at radius 1 is 1.04 bits per heavy atom. The highest BCUT2D eigenvalue weighted by Gasteiger charge is 2.48. The first kappa shape index (κ1) is 18.4. The molecule has 25 heavy (non-hydrogen) atoms. The van der Waals surface area contributed by atoms with Crippen molar-refractivity contribution in [3.8, 4) is 5.75 Å². The molecule has 3 nitrogen and oxygen atoms in total. The molecule has 0 heterocycles. The largest absolute Gasteiger partial charge is 0.534 e. The average molecular weight is 411 g/mol. The van der Waals surface area contributed by atoms with Crippen LogP contribution in [-0.4, -0.2) is 13.9 Å². The zero-order valence-corrected chi connectivity index (χ0v) is 14.8. The lowest BCUT2D eigenvalue weighted by Gasteiger charge is -2.16. The molecule has 1 aliphatic rings. The van der Waals surface area contributed by atoms with Crippen LogP contribution in [0.15, 0.2) is 36.4 Å². The smallest absolute Gasteiger partial charge is 0.376 e. The van der Waals surface area contributed by atoms with Crippen molar-refractivity contribution < 1.29 is 25.8 Å². The molecule has 0 fully saturated rings. The summed E-state index contributed by atoms with van der Waals surface area (Å²) in [5, 5.41) is 0.969. The summed E-state index contributed by atoms with van der Waals surface area (Å²) in [6.07, 6.45) is 1.38. The number of rotatable bonds is 3. The van der Waals surface area contributed by atoms with Gasteiger partial charge in [0.25, 0.3) is 0 Å². The fourth-order valence-corrected chi connectivity index (χ4v) is 3.79. The molecule has 0 aromatic heterocycles. The Labute approximate surface area is 152 Å². The molecule has 0 spiro atoms. The van der Waals surface area contributed by atoms with Gasteiger partial charge >= 0.3 is 15.6 Å². The molecule has 2 aromatic rings. The lowest BCUT2D eigenvalue weighted by Crippen LogP contribution is -2.28. The third-order valence-corrected chi connectivity index (χ3v) is 5.58. The van der Waals surface area contributed by atoms with Gasteiger partial charge in [0.2, 0.25) is 0 Å². The Hall–Kier alpha value is -1.44. The lowest BCUT2D eigenvalue weighted by molar-refractivity contribution is -0.0500. The number of benzene rings is 2. The first-order valence-corrected chi connectivity index (χ1v) is 9.33. The van der Waals surface area contributed by atoms with Gasteiger partial charge in [-0.2, -0.15) is 21.6 Å². The van der Waals surface area contributed by atoms with E-state index in [1.807, 2.05) is 0 Å². The normalized spacial score (nSPS) is 17.4. The molecular formula is C16H11Cl2F3O3S. The van der Waals surface area contributed by atoms with Crippen LogP contribution in [0, 0.1) is 0 Å². The van der Waals surface area contributed by atoms with E-state index in [4.69, 9.17) is 23.2 Å². The summed E-state index contributed by atoms with van der Waals surface area (Å²) in [5.74, 6) is -0.584. The third kappa shape index (κ3) is 3.59. The molecule has 1 aliphatic carbocycles. The van der Waals surface area contributed by atoms with E-state index in [0.29, 0.717) is 28.5 Å². The van der Waals surface area contributed by atoms with Crippen molar-refractivity contribution in [3.63, 3.8) is 0 Å². The first-order chi connectivity index (χ1) is 11.6. The Morgan fingerprint density at radius 3 is 2.44 bits per heavy atom. The predicted molar refractivity (Wildman–Crippen MR) is 88.7 cm³/mol. The number of hydrogen-bond donors (Lipinski definition) is 0.